The fourth-order valence-electron chi connectivity index (χ4n) is 3.60. The highest BCUT2D eigenvalue weighted by atomic mass is 32.2. The molecule has 4 nitrogen and oxygen atoms in total. The maximum absolute atomic E-state index is 12.5. The number of aliphatic hydroxyl groups excluding tert-OH is 1. The number of hydrogen-bond donors (Lipinski definition) is 2. The lowest BCUT2D eigenvalue weighted by molar-refractivity contribution is 0.282. The fraction of sp³-hybridized carbons (Fsp3) is 0.692. The minimum absolute atomic E-state index is 0.0922. The first kappa shape index (κ1) is 13.5. The van der Waals surface area contributed by atoms with Crippen LogP contribution < -0.4 is 4.72 Å². The molecule has 6 heteroatoms. The Morgan fingerprint density at radius 3 is 2.79 bits per heavy atom. The average Bonchev–Trinajstić information content (AvgIpc) is 3.02. The van der Waals surface area contributed by atoms with E-state index in [1.807, 2.05) is 0 Å². The molecule has 0 amide bonds. The van der Waals surface area contributed by atoms with Gasteiger partial charge in [0.2, 0.25) is 10.0 Å². The van der Waals surface area contributed by atoms with Gasteiger partial charge in [-0.2, -0.15) is 0 Å². The zero-order chi connectivity index (χ0) is 13.6. The largest absolute Gasteiger partial charge is 0.391 e. The van der Waals surface area contributed by atoms with Crippen molar-refractivity contribution < 1.29 is 13.5 Å². The van der Waals surface area contributed by atoms with Gasteiger partial charge in [-0.15, -0.1) is 11.3 Å². The second kappa shape index (κ2) is 4.84. The molecule has 0 aliphatic heterocycles. The molecule has 1 aromatic rings. The van der Waals surface area contributed by atoms with Gasteiger partial charge in [0.1, 0.15) is 4.90 Å². The van der Waals surface area contributed by atoms with Crippen LogP contribution >= 0.6 is 11.3 Å². The molecule has 0 aromatic carbocycles. The standard InChI is InChI=1S/C13H19NO3S2/c1-8-7-18-12(6-15)13(8)19(16,17)14-11-5-9-2-3-10(11)4-9/h7,9-11,14-15H,2-6H2,1H3. The molecule has 2 N–H and O–H groups in total. The zero-order valence-electron chi connectivity index (χ0n) is 10.9. The molecule has 0 spiro atoms. The van der Waals surface area contributed by atoms with E-state index in [0.717, 1.165) is 18.4 Å². The van der Waals surface area contributed by atoms with E-state index in [1.54, 1.807) is 12.3 Å². The molecule has 1 aromatic heterocycles. The molecular formula is C13H19NO3S2. The molecular weight excluding hydrogens is 282 g/mol. The van der Waals surface area contributed by atoms with E-state index < -0.39 is 10.0 Å². The summed E-state index contributed by atoms with van der Waals surface area (Å²) in [5, 5.41) is 11.1. The van der Waals surface area contributed by atoms with Gasteiger partial charge in [-0.25, -0.2) is 13.1 Å². The predicted octanol–water partition coefficient (Wildman–Crippen LogP) is 2.02. The van der Waals surface area contributed by atoms with Crippen molar-refractivity contribution in [3.05, 3.63) is 15.8 Å². The number of rotatable bonds is 4. The molecule has 3 atom stereocenters. The highest BCUT2D eigenvalue weighted by molar-refractivity contribution is 7.89. The monoisotopic (exact) mass is 301 g/mol. The zero-order valence-corrected chi connectivity index (χ0v) is 12.6. The van der Waals surface area contributed by atoms with E-state index >= 15 is 0 Å². The van der Waals surface area contributed by atoms with E-state index in [2.05, 4.69) is 4.72 Å². The van der Waals surface area contributed by atoms with Gasteiger partial charge in [-0.3, -0.25) is 0 Å². The molecule has 0 saturated heterocycles. The van der Waals surface area contributed by atoms with Crippen LogP contribution in [-0.4, -0.2) is 19.6 Å². The minimum atomic E-state index is -3.50. The Labute approximate surface area is 117 Å². The van der Waals surface area contributed by atoms with Crippen molar-refractivity contribution in [2.75, 3.05) is 0 Å². The summed E-state index contributed by atoms with van der Waals surface area (Å²) in [6, 6.07) is 0.0922. The maximum atomic E-state index is 12.5. The third-order valence-corrected chi connectivity index (χ3v) is 7.38. The van der Waals surface area contributed by atoms with Crippen molar-refractivity contribution in [2.45, 2.75) is 50.2 Å². The highest BCUT2D eigenvalue weighted by Crippen LogP contribution is 2.45. The average molecular weight is 301 g/mol. The summed E-state index contributed by atoms with van der Waals surface area (Å²) in [6.45, 7) is 1.57. The third kappa shape index (κ3) is 2.35. The van der Waals surface area contributed by atoms with Crippen molar-refractivity contribution in [1.29, 1.82) is 0 Å². The van der Waals surface area contributed by atoms with Gasteiger partial charge in [0.15, 0.2) is 0 Å². The van der Waals surface area contributed by atoms with Gasteiger partial charge in [0.05, 0.1) is 11.5 Å². The number of aryl methyl sites for hydroxylation is 1. The van der Waals surface area contributed by atoms with Crippen molar-refractivity contribution in [1.82, 2.24) is 4.72 Å². The Morgan fingerprint density at radius 2 is 2.21 bits per heavy atom. The Morgan fingerprint density at radius 1 is 1.42 bits per heavy atom. The summed E-state index contributed by atoms with van der Waals surface area (Å²) in [5.41, 5.74) is 0.727. The molecule has 19 heavy (non-hydrogen) atoms. The van der Waals surface area contributed by atoms with Crippen LogP contribution in [0.3, 0.4) is 0 Å². The lowest BCUT2D eigenvalue weighted by atomic mass is 9.96. The van der Waals surface area contributed by atoms with Crippen molar-refractivity contribution in [3.8, 4) is 0 Å². The number of thiophene rings is 1. The molecule has 2 aliphatic rings. The van der Waals surface area contributed by atoms with Crippen LogP contribution in [0, 0.1) is 18.8 Å². The van der Waals surface area contributed by atoms with Gasteiger partial charge in [0, 0.05) is 6.04 Å². The summed E-state index contributed by atoms with van der Waals surface area (Å²) >= 11 is 1.31. The van der Waals surface area contributed by atoms with E-state index in [1.165, 1.54) is 24.2 Å². The number of fused-ring (bicyclic) bond motifs is 2. The molecule has 2 saturated carbocycles. The predicted molar refractivity (Wildman–Crippen MR) is 74.5 cm³/mol. The second-order valence-corrected chi connectivity index (χ2v) is 8.35. The Bertz CT molecular complexity index is 579. The Kier molecular flexibility index (Phi) is 3.45. The summed E-state index contributed by atoms with van der Waals surface area (Å²) in [7, 11) is -3.50. The highest BCUT2D eigenvalue weighted by Gasteiger charge is 2.41. The van der Waals surface area contributed by atoms with Crippen LogP contribution in [0.4, 0.5) is 0 Å². The summed E-state index contributed by atoms with van der Waals surface area (Å²) < 4.78 is 27.9. The van der Waals surface area contributed by atoms with Crippen LogP contribution in [-0.2, 0) is 16.6 Å². The van der Waals surface area contributed by atoms with Crippen LogP contribution in [0.2, 0.25) is 0 Å². The molecule has 3 rings (SSSR count). The first-order valence-electron chi connectivity index (χ1n) is 6.71. The smallest absolute Gasteiger partial charge is 0.242 e. The second-order valence-electron chi connectivity index (χ2n) is 5.73. The summed E-state index contributed by atoms with van der Waals surface area (Å²) in [5.74, 6) is 1.22. The SMILES string of the molecule is Cc1csc(CO)c1S(=O)(=O)NC1CC2CCC1C2. The van der Waals surface area contributed by atoms with Gasteiger partial charge >= 0.3 is 0 Å². The van der Waals surface area contributed by atoms with Gasteiger partial charge in [0.25, 0.3) is 0 Å². The van der Waals surface area contributed by atoms with Crippen molar-refractivity contribution in [2.24, 2.45) is 11.8 Å². The molecule has 2 fully saturated rings. The first-order chi connectivity index (χ1) is 9.01. The van der Waals surface area contributed by atoms with Crippen LogP contribution in [0.25, 0.3) is 0 Å². The van der Waals surface area contributed by atoms with Gasteiger partial charge < -0.3 is 5.11 Å². The number of sulfonamides is 1. The molecule has 2 bridgehead atoms. The Hall–Kier alpha value is -0.430. The van der Waals surface area contributed by atoms with Crippen molar-refractivity contribution in [3.63, 3.8) is 0 Å². The topological polar surface area (TPSA) is 66.4 Å². The third-order valence-electron chi connectivity index (χ3n) is 4.45. The van der Waals surface area contributed by atoms with E-state index in [4.69, 9.17) is 0 Å². The summed E-state index contributed by atoms with van der Waals surface area (Å²) in [4.78, 5) is 0.830. The van der Waals surface area contributed by atoms with Crippen LogP contribution in [0.15, 0.2) is 10.3 Å². The lowest BCUT2D eigenvalue weighted by Crippen LogP contribution is -2.38. The van der Waals surface area contributed by atoms with Crippen LogP contribution in [0.1, 0.15) is 36.1 Å². The molecule has 3 unspecified atom stereocenters. The quantitative estimate of drug-likeness (QED) is 0.894. The van der Waals surface area contributed by atoms with E-state index in [9.17, 15) is 13.5 Å². The minimum Gasteiger partial charge on any atom is -0.391 e. The molecule has 106 valence electrons. The fourth-order valence-corrected chi connectivity index (χ4v) is 6.58. The first-order valence-corrected chi connectivity index (χ1v) is 9.07. The lowest BCUT2D eigenvalue weighted by Gasteiger charge is -2.23. The Balaban J connectivity index is 1.85. The van der Waals surface area contributed by atoms with Gasteiger partial charge in [-0.05, 0) is 49.0 Å². The van der Waals surface area contributed by atoms with E-state index in [0.29, 0.717) is 21.6 Å². The van der Waals surface area contributed by atoms with Crippen LogP contribution in [0.5, 0.6) is 0 Å². The maximum Gasteiger partial charge on any atom is 0.242 e. The summed E-state index contributed by atoms with van der Waals surface area (Å²) in [6.07, 6.45) is 4.54. The number of hydrogen-bond acceptors (Lipinski definition) is 4. The normalized spacial score (nSPS) is 30.1. The van der Waals surface area contributed by atoms with Crippen molar-refractivity contribution >= 4 is 21.4 Å². The molecule has 1 heterocycles. The number of aliphatic hydroxyl groups is 1. The molecule has 0 radical (unpaired) electrons. The molecule has 2 aliphatic carbocycles. The van der Waals surface area contributed by atoms with Gasteiger partial charge in [-0.1, -0.05) is 6.42 Å². The number of nitrogens with one attached hydrogen (secondary N) is 1. The van der Waals surface area contributed by atoms with E-state index in [-0.39, 0.29) is 12.6 Å².